The number of carboxylic acids is 2. The minimum absolute atomic E-state index is 0.323. The molecule has 1 atom stereocenters. The van der Waals surface area contributed by atoms with Crippen molar-refractivity contribution >= 4 is 61.6 Å². The lowest BCUT2D eigenvalue weighted by Crippen LogP contribution is -2.29. The lowest BCUT2D eigenvalue weighted by molar-refractivity contribution is -0.159. The molecule has 0 spiro atoms. The highest BCUT2D eigenvalue weighted by Crippen LogP contribution is 2.34. The summed E-state index contributed by atoms with van der Waals surface area (Å²) in [6.07, 6.45) is 5.30. The van der Waals surface area contributed by atoms with Crippen molar-refractivity contribution in [3.8, 4) is 5.88 Å². The third kappa shape index (κ3) is 7.21. The molecule has 0 amide bonds. The molecule has 0 fully saturated rings. The van der Waals surface area contributed by atoms with E-state index in [2.05, 4.69) is 93.4 Å². The van der Waals surface area contributed by atoms with Crippen LogP contribution in [0.25, 0.3) is 37.9 Å². The van der Waals surface area contributed by atoms with Gasteiger partial charge in [-0.2, -0.15) is 4.37 Å². The van der Waals surface area contributed by atoms with E-state index in [1.807, 2.05) is 0 Å². The zero-order valence-electron chi connectivity index (χ0n) is 24.5. The monoisotopic (exact) mass is 613 g/mol. The van der Waals surface area contributed by atoms with Gasteiger partial charge in [-0.25, -0.2) is 9.59 Å². The highest BCUT2D eigenvalue weighted by molar-refractivity contribution is 6.99. The van der Waals surface area contributed by atoms with Crippen molar-refractivity contribution in [1.82, 2.24) is 13.6 Å². The van der Waals surface area contributed by atoms with E-state index in [1.165, 1.54) is 55.2 Å². The second kappa shape index (κ2) is 14.4. The van der Waals surface area contributed by atoms with Gasteiger partial charge in [0.05, 0.1) is 24.4 Å². The van der Waals surface area contributed by atoms with Gasteiger partial charge in [0.15, 0.2) is 0 Å². The van der Waals surface area contributed by atoms with E-state index in [1.54, 1.807) is 0 Å². The maximum Gasteiger partial charge on any atom is 0.414 e. The Hall–Kier alpha value is -4.38. The fraction of sp³-hybridized carbons (Fsp3) is 0.294. The second-order valence-electron chi connectivity index (χ2n) is 10.8. The Bertz CT molecular complexity index is 1810. The van der Waals surface area contributed by atoms with Crippen molar-refractivity contribution in [1.29, 1.82) is 0 Å². The Balaban J connectivity index is 0.000000584. The van der Waals surface area contributed by atoms with Crippen molar-refractivity contribution in [3.05, 3.63) is 84.1 Å². The number of carbonyl (C=O) groups is 2. The molecule has 5 aromatic rings. The summed E-state index contributed by atoms with van der Waals surface area (Å²) in [6.45, 7) is 5.24. The fourth-order valence-corrected chi connectivity index (χ4v) is 6.18. The first kappa shape index (κ1) is 31.1. The number of aliphatic hydroxyl groups excluding tert-OH is 1. The summed E-state index contributed by atoms with van der Waals surface area (Å²) >= 11 is 1.19. The molecule has 0 bridgehead atoms. The Morgan fingerprint density at radius 1 is 0.886 bits per heavy atom. The van der Waals surface area contributed by atoms with Crippen LogP contribution in [-0.4, -0.2) is 66.7 Å². The van der Waals surface area contributed by atoms with E-state index < -0.39 is 11.9 Å². The molecule has 1 unspecified atom stereocenters. The van der Waals surface area contributed by atoms with Crippen LogP contribution in [0, 0.1) is 0 Å². The SMILES string of the molecule is CCCC(O)CCOc1nsnc1C1=CCCN(Cc2cccc3c2ccc2c4ccccc4ccc32)C1.O=C(O)C(=O)O. The Kier molecular flexibility index (Phi) is 10.2. The number of aromatic nitrogens is 2. The first-order chi connectivity index (χ1) is 21.4. The number of ether oxygens (including phenoxy) is 1. The Labute approximate surface area is 259 Å². The number of hydrogen-bond donors (Lipinski definition) is 3. The summed E-state index contributed by atoms with van der Waals surface area (Å²) in [5.41, 5.74) is 3.36. The van der Waals surface area contributed by atoms with E-state index in [4.69, 9.17) is 24.5 Å². The number of rotatable bonds is 9. The van der Waals surface area contributed by atoms with Gasteiger partial charge in [-0.15, -0.1) is 4.37 Å². The maximum absolute atomic E-state index is 10.0. The summed E-state index contributed by atoms with van der Waals surface area (Å²) in [7, 11) is 0. The number of fused-ring (bicyclic) bond motifs is 5. The topological polar surface area (TPSA) is 133 Å². The zero-order chi connectivity index (χ0) is 31.1. The summed E-state index contributed by atoms with van der Waals surface area (Å²) < 4.78 is 14.9. The molecule has 3 N–H and O–H groups in total. The average molecular weight is 614 g/mol. The molecule has 1 aliphatic rings. The van der Waals surface area contributed by atoms with Gasteiger partial charge in [0.1, 0.15) is 5.69 Å². The second-order valence-corrected chi connectivity index (χ2v) is 11.3. The molecular formula is C34H35N3O6S. The lowest BCUT2D eigenvalue weighted by atomic mass is 9.94. The van der Waals surface area contributed by atoms with Gasteiger partial charge in [0, 0.05) is 26.1 Å². The van der Waals surface area contributed by atoms with E-state index >= 15 is 0 Å². The van der Waals surface area contributed by atoms with E-state index in [0.717, 1.165) is 44.6 Å². The molecule has 1 aliphatic heterocycles. The van der Waals surface area contributed by atoms with E-state index in [0.29, 0.717) is 18.9 Å². The fourth-order valence-electron chi connectivity index (χ4n) is 5.65. The highest BCUT2D eigenvalue weighted by atomic mass is 32.1. The summed E-state index contributed by atoms with van der Waals surface area (Å²) in [6, 6.07) is 24.4. The van der Waals surface area contributed by atoms with Crippen molar-refractivity contribution in [2.45, 2.75) is 45.3 Å². The van der Waals surface area contributed by atoms with Crippen LogP contribution in [0.3, 0.4) is 0 Å². The van der Waals surface area contributed by atoms with Crippen LogP contribution in [0.2, 0.25) is 0 Å². The third-order valence-electron chi connectivity index (χ3n) is 7.76. The first-order valence-corrected chi connectivity index (χ1v) is 15.4. The van der Waals surface area contributed by atoms with Crippen LogP contribution in [0.15, 0.2) is 72.8 Å². The van der Waals surface area contributed by atoms with Gasteiger partial charge >= 0.3 is 11.9 Å². The first-order valence-electron chi connectivity index (χ1n) is 14.7. The molecule has 0 aliphatic carbocycles. The van der Waals surface area contributed by atoms with Gasteiger partial charge in [-0.3, -0.25) is 4.90 Å². The van der Waals surface area contributed by atoms with Gasteiger partial charge in [-0.1, -0.05) is 86.2 Å². The minimum atomic E-state index is -1.82. The summed E-state index contributed by atoms with van der Waals surface area (Å²) in [5, 5.41) is 32.6. The van der Waals surface area contributed by atoms with Gasteiger partial charge in [0.25, 0.3) is 5.88 Å². The summed E-state index contributed by atoms with van der Waals surface area (Å²) in [4.78, 5) is 20.7. The highest BCUT2D eigenvalue weighted by Gasteiger charge is 2.21. The average Bonchev–Trinajstić information content (AvgIpc) is 3.50. The number of carboxylic acid groups (broad SMARTS) is 2. The van der Waals surface area contributed by atoms with Crippen LogP contribution in [0.1, 0.15) is 43.9 Å². The molecule has 0 radical (unpaired) electrons. The smallest absolute Gasteiger partial charge is 0.414 e. The van der Waals surface area contributed by atoms with E-state index in [-0.39, 0.29) is 6.10 Å². The molecule has 4 aromatic carbocycles. The predicted octanol–water partition coefficient (Wildman–Crippen LogP) is 6.37. The van der Waals surface area contributed by atoms with Crippen LogP contribution >= 0.6 is 11.7 Å². The molecule has 1 aromatic heterocycles. The van der Waals surface area contributed by atoms with Crippen LogP contribution in [0.4, 0.5) is 0 Å². The predicted molar refractivity (Wildman–Crippen MR) is 173 cm³/mol. The standard InChI is InChI=1S/C32H33N3O2S.C2H2O4/c1-2-7-25(36)17-19-37-32-31(33-38-34-32)24-10-6-18-35(21-24)20-23-9-5-12-28-27(23)15-16-29-26-11-4-3-8-22(26)13-14-30(28)29;3-1(4)2(5)6/h3-5,8-16,25,36H,2,6-7,17-21H2,1H3;(H,3,4)(H,5,6). The third-order valence-corrected chi connectivity index (χ3v) is 8.27. The minimum Gasteiger partial charge on any atom is -0.475 e. The molecule has 9 nitrogen and oxygen atoms in total. The maximum atomic E-state index is 10.0. The molecule has 6 rings (SSSR count). The van der Waals surface area contributed by atoms with Gasteiger partial charge in [-0.05, 0) is 56.3 Å². The van der Waals surface area contributed by atoms with Crippen molar-refractivity contribution in [2.75, 3.05) is 19.7 Å². The van der Waals surface area contributed by atoms with Crippen LogP contribution < -0.4 is 4.74 Å². The molecule has 0 saturated carbocycles. The molecule has 0 saturated heterocycles. The molecule has 228 valence electrons. The van der Waals surface area contributed by atoms with Crippen molar-refractivity contribution < 1.29 is 29.6 Å². The lowest BCUT2D eigenvalue weighted by Gasteiger charge is -2.27. The zero-order valence-corrected chi connectivity index (χ0v) is 25.3. The number of nitrogens with zero attached hydrogens (tertiary/aromatic N) is 3. The van der Waals surface area contributed by atoms with Gasteiger partial charge < -0.3 is 20.1 Å². The number of aliphatic hydroxyl groups is 1. The van der Waals surface area contributed by atoms with Crippen LogP contribution in [0.5, 0.6) is 5.88 Å². The normalized spacial score (nSPS) is 14.2. The summed E-state index contributed by atoms with van der Waals surface area (Å²) in [5.74, 6) is -3.05. The van der Waals surface area contributed by atoms with Gasteiger partial charge in [0.2, 0.25) is 0 Å². The Morgan fingerprint density at radius 3 is 2.39 bits per heavy atom. The largest absolute Gasteiger partial charge is 0.475 e. The van der Waals surface area contributed by atoms with Crippen LogP contribution in [-0.2, 0) is 16.1 Å². The molecule has 2 heterocycles. The Morgan fingerprint density at radius 2 is 1.59 bits per heavy atom. The number of benzene rings is 4. The number of aliphatic carboxylic acids is 2. The molecule has 44 heavy (non-hydrogen) atoms. The molecule has 10 heteroatoms. The molecular weight excluding hydrogens is 578 g/mol. The number of hydrogen-bond acceptors (Lipinski definition) is 8. The van der Waals surface area contributed by atoms with Crippen molar-refractivity contribution in [3.63, 3.8) is 0 Å². The van der Waals surface area contributed by atoms with Crippen molar-refractivity contribution in [2.24, 2.45) is 0 Å². The quantitative estimate of drug-likeness (QED) is 0.128. The van der Waals surface area contributed by atoms with E-state index in [9.17, 15) is 5.11 Å².